The standard InChI is InChI=1S/C35H49NO9/c1-8-36-17-33(18-39-3)14-13-25(42-6)35-23-15-22-24(41-5)16-34(45-19(2)37,27(31(35)36)29(43-7)30(33)35)26(23)28(22)44-32(38)20-9-11-21(40-4)12-10-20/h9-12,22-31H,8,13-18H2,1-7H3/t22-,23+,24-,25-,26+,27-,28-,29-,30+,31+,33+,34-,35-/m0/s1. The Morgan fingerprint density at radius 3 is 2.33 bits per heavy atom. The molecule has 1 aromatic carbocycles. The van der Waals surface area contributed by atoms with E-state index in [1.54, 1.807) is 45.6 Å². The Bertz CT molecular complexity index is 1310. The molecule has 1 saturated heterocycles. The summed E-state index contributed by atoms with van der Waals surface area (Å²) in [7, 11) is 8.77. The molecule has 0 aromatic heterocycles. The van der Waals surface area contributed by atoms with Crippen molar-refractivity contribution in [2.75, 3.05) is 55.2 Å². The van der Waals surface area contributed by atoms with E-state index >= 15 is 0 Å². The molecule has 0 amide bonds. The Kier molecular flexibility index (Phi) is 7.80. The average molecular weight is 628 g/mol. The monoisotopic (exact) mass is 627 g/mol. The molecule has 13 atom stereocenters. The molecule has 1 spiro atoms. The predicted molar refractivity (Wildman–Crippen MR) is 163 cm³/mol. The molecule has 1 aromatic rings. The quantitative estimate of drug-likeness (QED) is 0.358. The molecule has 0 N–H and O–H groups in total. The molecule has 10 heteroatoms. The second-order valence-corrected chi connectivity index (χ2v) is 14.4. The van der Waals surface area contributed by atoms with Crippen LogP contribution in [0.25, 0.3) is 0 Å². The topological polar surface area (TPSA) is 102 Å². The van der Waals surface area contributed by atoms with Crippen LogP contribution in [0.1, 0.15) is 49.9 Å². The van der Waals surface area contributed by atoms with Crippen LogP contribution >= 0.6 is 0 Å². The van der Waals surface area contributed by atoms with Gasteiger partial charge in [0.2, 0.25) is 0 Å². The number of carbonyl (C=O) groups excluding carboxylic acids is 2. The Morgan fingerprint density at radius 2 is 1.73 bits per heavy atom. The van der Waals surface area contributed by atoms with Crippen molar-refractivity contribution in [3.63, 3.8) is 0 Å². The highest BCUT2D eigenvalue weighted by Crippen LogP contribution is 2.80. The zero-order chi connectivity index (χ0) is 31.9. The average Bonchev–Trinajstić information content (AvgIpc) is 3.46. The van der Waals surface area contributed by atoms with E-state index in [-0.39, 0.29) is 70.7 Å². The Labute approximate surface area is 266 Å². The van der Waals surface area contributed by atoms with E-state index in [0.717, 1.165) is 32.4 Å². The number of esters is 2. The Morgan fingerprint density at radius 1 is 0.978 bits per heavy atom. The molecule has 0 unspecified atom stereocenters. The zero-order valence-electron chi connectivity index (χ0n) is 27.7. The summed E-state index contributed by atoms with van der Waals surface area (Å²) in [6.45, 7) is 6.11. The van der Waals surface area contributed by atoms with Gasteiger partial charge < -0.3 is 33.2 Å². The minimum atomic E-state index is -0.947. The van der Waals surface area contributed by atoms with E-state index in [1.807, 2.05) is 14.2 Å². The fourth-order valence-corrected chi connectivity index (χ4v) is 12.4. The van der Waals surface area contributed by atoms with Crippen LogP contribution in [0.15, 0.2) is 24.3 Å². The third-order valence-electron chi connectivity index (χ3n) is 13.2. The van der Waals surface area contributed by atoms with E-state index in [4.69, 9.17) is 33.2 Å². The van der Waals surface area contributed by atoms with E-state index in [0.29, 0.717) is 24.3 Å². The predicted octanol–water partition coefficient (Wildman–Crippen LogP) is 3.60. The molecule has 248 valence electrons. The highest BCUT2D eigenvalue weighted by molar-refractivity contribution is 5.89. The van der Waals surface area contributed by atoms with Crippen LogP contribution in [-0.2, 0) is 33.2 Å². The largest absolute Gasteiger partial charge is 0.497 e. The van der Waals surface area contributed by atoms with Crippen LogP contribution in [0.5, 0.6) is 5.75 Å². The van der Waals surface area contributed by atoms with Crippen LogP contribution < -0.4 is 4.74 Å². The third kappa shape index (κ3) is 3.98. The summed E-state index contributed by atoms with van der Waals surface area (Å²) in [5.41, 5.74) is -0.937. The van der Waals surface area contributed by atoms with Gasteiger partial charge in [-0.05, 0) is 56.0 Å². The molecule has 1 aliphatic heterocycles. The smallest absolute Gasteiger partial charge is 0.338 e. The number of likely N-dealkylation sites (tertiary alicyclic amines) is 1. The Balaban J connectivity index is 1.43. The summed E-state index contributed by atoms with van der Waals surface area (Å²) < 4.78 is 44.1. The molecule has 10 nitrogen and oxygen atoms in total. The summed E-state index contributed by atoms with van der Waals surface area (Å²) in [6.07, 6.45) is 2.27. The zero-order valence-corrected chi connectivity index (χ0v) is 27.7. The molecule has 5 aliphatic carbocycles. The number of fused-ring (bicyclic) bond motifs is 2. The minimum absolute atomic E-state index is 0.0203. The van der Waals surface area contributed by atoms with Crippen LogP contribution in [-0.4, -0.2) is 108 Å². The number of methoxy groups -OCH3 is 5. The lowest BCUT2D eigenvalue weighted by atomic mass is 9.43. The molecule has 45 heavy (non-hydrogen) atoms. The lowest BCUT2D eigenvalue weighted by Gasteiger charge is -2.69. The summed E-state index contributed by atoms with van der Waals surface area (Å²) in [5, 5.41) is 0. The summed E-state index contributed by atoms with van der Waals surface area (Å²) >= 11 is 0. The lowest BCUT2D eigenvalue weighted by molar-refractivity contribution is -0.280. The highest BCUT2D eigenvalue weighted by Gasteiger charge is 2.88. The van der Waals surface area contributed by atoms with Crippen molar-refractivity contribution in [1.82, 2.24) is 4.90 Å². The van der Waals surface area contributed by atoms with Gasteiger partial charge in [0.05, 0.1) is 37.6 Å². The molecule has 0 radical (unpaired) electrons. The number of benzene rings is 1. The molecule has 7 bridgehead atoms. The minimum Gasteiger partial charge on any atom is -0.497 e. The van der Waals surface area contributed by atoms with Gasteiger partial charge in [-0.25, -0.2) is 4.79 Å². The van der Waals surface area contributed by atoms with Crippen molar-refractivity contribution in [1.29, 1.82) is 0 Å². The van der Waals surface area contributed by atoms with Crippen LogP contribution in [0.2, 0.25) is 0 Å². The fourth-order valence-electron chi connectivity index (χ4n) is 12.4. The van der Waals surface area contributed by atoms with Gasteiger partial charge >= 0.3 is 11.9 Å². The van der Waals surface area contributed by atoms with Gasteiger partial charge in [0, 0.05) is 88.9 Å². The molecular weight excluding hydrogens is 578 g/mol. The van der Waals surface area contributed by atoms with E-state index < -0.39 is 17.7 Å². The molecule has 5 saturated carbocycles. The molecule has 7 rings (SSSR count). The van der Waals surface area contributed by atoms with Crippen LogP contribution in [0, 0.1) is 40.4 Å². The maximum Gasteiger partial charge on any atom is 0.338 e. The number of carbonyl (C=O) groups is 2. The van der Waals surface area contributed by atoms with Crippen molar-refractivity contribution < 1.29 is 42.7 Å². The number of rotatable bonds is 10. The molecule has 1 heterocycles. The second kappa shape index (κ2) is 11.2. The SMILES string of the molecule is CCN1C[C@@]2(COC)CC[C@H](OC)[C@@]34[C@@H]5C[C@@H]6[C@H](OC(=O)c7ccc(OC)cc7)[C@@H]5[C@@](OC(C)=O)(C[C@@H]6OC)[C@@H]([C@H](OC)[C@H]23)[C@@H]14. The van der Waals surface area contributed by atoms with E-state index in [9.17, 15) is 9.59 Å². The maximum absolute atomic E-state index is 13.8. The number of nitrogens with zero attached hydrogens (tertiary/aromatic N) is 1. The van der Waals surface area contributed by atoms with E-state index in [2.05, 4.69) is 11.8 Å². The summed E-state index contributed by atoms with van der Waals surface area (Å²) in [6, 6.07) is 7.07. The first kappa shape index (κ1) is 31.4. The molecular formula is C35H49NO9. The van der Waals surface area contributed by atoms with E-state index in [1.165, 1.54) is 6.92 Å². The summed E-state index contributed by atoms with van der Waals surface area (Å²) in [4.78, 5) is 29.7. The van der Waals surface area contributed by atoms with Gasteiger partial charge in [-0.2, -0.15) is 0 Å². The fraction of sp³-hybridized carbons (Fsp3) is 0.771. The van der Waals surface area contributed by atoms with Crippen molar-refractivity contribution in [3.8, 4) is 5.75 Å². The summed E-state index contributed by atoms with van der Waals surface area (Å²) in [5.74, 6) is -0.299. The van der Waals surface area contributed by atoms with Gasteiger partial charge in [0.25, 0.3) is 0 Å². The number of hydrogen-bond acceptors (Lipinski definition) is 10. The van der Waals surface area contributed by atoms with Crippen molar-refractivity contribution in [2.45, 2.75) is 75.6 Å². The third-order valence-corrected chi connectivity index (χ3v) is 13.2. The Hall–Kier alpha value is -2.24. The van der Waals surface area contributed by atoms with Crippen LogP contribution in [0.3, 0.4) is 0 Å². The van der Waals surface area contributed by atoms with Gasteiger partial charge in [0.1, 0.15) is 17.5 Å². The number of ether oxygens (including phenoxy) is 7. The molecule has 6 aliphatic rings. The number of piperidine rings is 1. The first-order valence-electron chi connectivity index (χ1n) is 16.6. The second-order valence-electron chi connectivity index (χ2n) is 14.4. The molecule has 6 fully saturated rings. The van der Waals surface area contributed by atoms with Crippen LogP contribution in [0.4, 0.5) is 0 Å². The van der Waals surface area contributed by atoms with Gasteiger partial charge in [0.15, 0.2) is 0 Å². The van der Waals surface area contributed by atoms with Crippen molar-refractivity contribution in [2.24, 2.45) is 40.4 Å². The number of hydrogen-bond donors (Lipinski definition) is 0. The van der Waals surface area contributed by atoms with Crippen molar-refractivity contribution in [3.05, 3.63) is 29.8 Å². The van der Waals surface area contributed by atoms with Gasteiger partial charge in [-0.1, -0.05) is 6.92 Å². The lowest BCUT2D eigenvalue weighted by Crippen LogP contribution is -2.77. The van der Waals surface area contributed by atoms with Crippen molar-refractivity contribution >= 4 is 11.9 Å². The normalized spacial score (nSPS) is 45.7. The van der Waals surface area contributed by atoms with Gasteiger partial charge in [-0.15, -0.1) is 0 Å². The van der Waals surface area contributed by atoms with Gasteiger partial charge in [-0.3, -0.25) is 9.69 Å². The highest BCUT2D eigenvalue weighted by atomic mass is 16.6. The first-order chi connectivity index (χ1) is 21.7. The maximum atomic E-state index is 13.8. The first-order valence-corrected chi connectivity index (χ1v) is 16.6.